The maximum atomic E-state index is 9.90. The number of nitrogens with one attached hydrogen (secondary N) is 1. The molecule has 0 atom stereocenters. The summed E-state index contributed by atoms with van der Waals surface area (Å²) in [5.41, 5.74) is 1.31. The molecule has 1 amide bonds. The van der Waals surface area contributed by atoms with Crippen LogP contribution in [0.25, 0.3) is 0 Å². The summed E-state index contributed by atoms with van der Waals surface area (Å²) in [5, 5.41) is 1.73. The lowest BCUT2D eigenvalue weighted by atomic mass is 10.6. The Bertz CT molecular complexity index is 102. The first-order valence-corrected chi connectivity index (χ1v) is 2.77. The van der Waals surface area contributed by atoms with Crippen molar-refractivity contribution in [1.29, 1.82) is 0 Å². The van der Waals surface area contributed by atoms with E-state index in [4.69, 9.17) is 23.2 Å². The van der Waals surface area contributed by atoms with Gasteiger partial charge >= 0.3 is 5.37 Å². The molecule has 4 heteroatoms. The summed E-state index contributed by atoms with van der Waals surface area (Å²) >= 11 is 10.00. The van der Waals surface area contributed by atoms with Crippen molar-refractivity contribution in [2.45, 2.75) is 0 Å². The van der Waals surface area contributed by atoms with Crippen LogP contribution in [0, 0.1) is 0 Å². The highest BCUT2D eigenvalue weighted by molar-refractivity contribution is 6.62. The highest BCUT2D eigenvalue weighted by Gasteiger charge is 1.85. The van der Waals surface area contributed by atoms with Crippen molar-refractivity contribution in [1.82, 2.24) is 5.32 Å². The second kappa shape index (κ2) is 4.94. The minimum absolute atomic E-state index is 0.381. The van der Waals surface area contributed by atoms with Crippen LogP contribution in [0.1, 0.15) is 0 Å². The quantitative estimate of drug-likeness (QED) is 0.475. The number of hydrogen-bond acceptors (Lipinski definition) is 1. The summed E-state index contributed by atoms with van der Waals surface area (Å²) in [4.78, 5) is 9.90. The van der Waals surface area contributed by atoms with Crippen molar-refractivity contribution in [3.05, 3.63) is 11.6 Å². The highest BCUT2D eigenvalue weighted by Crippen LogP contribution is 1.78. The van der Waals surface area contributed by atoms with Gasteiger partial charge in [-0.25, -0.2) is 0 Å². The third-order valence-corrected chi connectivity index (χ3v) is 0.760. The lowest BCUT2D eigenvalue weighted by Crippen LogP contribution is -2.15. The van der Waals surface area contributed by atoms with Crippen molar-refractivity contribution in [2.24, 2.45) is 0 Å². The van der Waals surface area contributed by atoms with Crippen LogP contribution in [0.5, 0.6) is 0 Å². The van der Waals surface area contributed by atoms with Gasteiger partial charge in [0.05, 0.1) is 0 Å². The lowest BCUT2D eigenvalue weighted by Gasteiger charge is -1.88. The molecule has 0 bridgehead atoms. The Morgan fingerprint density at radius 2 is 2.38 bits per heavy atom. The van der Waals surface area contributed by atoms with E-state index in [-0.39, 0.29) is 0 Å². The molecular weight excluding hydrogens is 149 g/mol. The standard InChI is InChI=1S/C4H5Cl2NO/c5-2-1-3-7-4(6)8/h1-2H,3H2,(H,7,8). The maximum absolute atomic E-state index is 9.90. The predicted octanol–water partition coefficient (Wildman–Crippen LogP) is 1.69. The fraction of sp³-hybridized carbons (Fsp3) is 0.250. The minimum atomic E-state index is -0.570. The summed E-state index contributed by atoms with van der Waals surface area (Å²) in [6, 6.07) is 0. The molecule has 0 saturated carbocycles. The molecule has 0 aliphatic carbocycles. The van der Waals surface area contributed by atoms with Gasteiger partial charge in [0, 0.05) is 12.1 Å². The van der Waals surface area contributed by atoms with E-state index in [1.54, 1.807) is 6.08 Å². The molecule has 0 aromatic carbocycles. The number of carbonyl (C=O) groups excluding carboxylic acids is 1. The molecule has 0 heterocycles. The van der Waals surface area contributed by atoms with Crippen LogP contribution in [0.3, 0.4) is 0 Å². The second-order valence-corrected chi connectivity index (χ2v) is 1.61. The van der Waals surface area contributed by atoms with Crippen molar-refractivity contribution >= 4 is 28.6 Å². The molecular formula is C4H5Cl2NO. The zero-order chi connectivity index (χ0) is 6.41. The molecule has 0 radical (unpaired) electrons. The highest BCUT2D eigenvalue weighted by atomic mass is 35.5. The molecule has 0 aliphatic rings. The van der Waals surface area contributed by atoms with Gasteiger partial charge in [-0.15, -0.1) is 0 Å². The van der Waals surface area contributed by atoms with Crippen LogP contribution < -0.4 is 5.32 Å². The molecule has 0 aliphatic heterocycles. The zero-order valence-electron chi connectivity index (χ0n) is 4.03. The molecule has 8 heavy (non-hydrogen) atoms. The molecule has 0 fully saturated rings. The van der Waals surface area contributed by atoms with Gasteiger partial charge in [0.2, 0.25) is 0 Å². The van der Waals surface area contributed by atoms with E-state index in [0.717, 1.165) is 0 Å². The molecule has 0 aromatic rings. The minimum Gasteiger partial charge on any atom is -0.339 e. The first-order chi connectivity index (χ1) is 3.77. The Hall–Kier alpha value is -0.210. The Balaban J connectivity index is 3.05. The Kier molecular flexibility index (Phi) is 4.81. The number of amides is 1. The fourth-order valence-electron chi connectivity index (χ4n) is 0.184. The summed E-state index contributed by atoms with van der Waals surface area (Å²) in [6.07, 6.45) is 1.57. The average molecular weight is 154 g/mol. The van der Waals surface area contributed by atoms with E-state index in [1.165, 1.54) is 5.54 Å². The van der Waals surface area contributed by atoms with E-state index in [9.17, 15) is 4.79 Å². The predicted molar refractivity (Wildman–Crippen MR) is 34.2 cm³/mol. The number of rotatable bonds is 2. The van der Waals surface area contributed by atoms with Crippen LogP contribution >= 0.6 is 23.2 Å². The average Bonchev–Trinajstić information content (AvgIpc) is 1.66. The fourth-order valence-corrected chi connectivity index (χ4v) is 0.350. The normalized spacial score (nSPS) is 9.75. The third-order valence-electron chi connectivity index (χ3n) is 0.448. The van der Waals surface area contributed by atoms with Crippen LogP contribution in [-0.4, -0.2) is 11.9 Å². The largest absolute Gasteiger partial charge is 0.339 e. The first-order valence-electron chi connectivity index (χ1n) is 1.96. The topological polar surface area (TPSA) is 29.1 Å². The lowest BCUT2D eigenvalue weighted by molar-refractivity contribution is 0.260. The summed E-state index contributed by atoms with van der Waals surface area (Å²) in [6.45, 7) is 0.381. The van der Waals surface area contributed by atoms with E-state index in [1.807, 2.05) is 0 Å². The third kappa shape index (κ3) is 5.79. The molecule has 2 nitrogen and oxygen atoms in total. The van der Waals surface area contributed by atoms with Crippen molar-refractivity contribution in [3.63, 3.8) is 0 Å². The van der Waals surface area contributed by atoms with Crippen LogP contribution in [0.15, 0.2) is 11.6 Å². The van der Waals surface area contributed by atoms with Crippen molar-refractivity contribution < 1.29 is 4.79 Å². The van der Waals surface area contributed by atoms with Gasteiger partial charge in [0.15, 0.2) is 0 Å². The molecule has 46 valence electrons. The summed E-state index contributed by atoms with van der Waals surface area (Å²) in [5.74, 6) is 0. The van der Waals surface area contributed by atoms with Gasteiger partial charge < -0.3 is 5.32 Å². The van der Waals surface area contributed by atoms with Gasteiger partial charge in [-0.1, -0.05) is 17.7 Å². The Morgan fingerprint density at radius 1 is 1.75 bits per heavy atom. The van der Waals surface area contributed by atoms with Gasteiger partial charge in [-0.3, -0.25) is 4.79 Å². The molecule has 0 spiro atoms. The summed E-state index contributed by atoms with van der Waals surface area (Å²) < 4.78 is 0. The van der Waals surface area contributed by atoms with Crippen LogP contribution in [0.2, 0.25) is 0 Å². The Morgan fingerprint density at radius 3 is 2.75 bits per heavy atom. The van der Waals surface area contributed by atoms with Gasteiger partial charge in [0.1, 0.15) is 0 Å². The second-order valence-electron chi connectivity index (χ2n) is 1.02. The van der Waals surface area contributed by atoms with E-state index < -0.39 is 5.37 Å². The number of halogens is 2. The van der Waals surface area contributed by atoms with Crippen molar-refractivity contribution in [2.75, 3.05) is 6.54 Å². The monoisotopic (exact) mass is 153 g/mol. The van der Waals surface area contributed by atoms with E-state index in [0.29, 0.717) is 6.54 Å². The van der Waals surface area contributed by atoms with E-state index in [2.05, 4.69) is 5.32 Å². The first kappa shape index (κ1) is 7.79. The molecule has 0 saturated heterocycles. The van der Waals surface area contributed by atoms with Gasteiger partial charge in [-0.2, -0.15) is 0 Å². The molecule has 0 unspecified atom stereocenters. The number of carbonyl (C=O) groups is 1. The van der Waals surface area contributed by atoms with Crippen LogP contribution in [-0.2, 0) is 0 Å². The molecule has 0 rings (SSSR count). The molecule has 0 aromatic heterocycles. The van der Waals surface area contributed by atoms with E-state index >= 15 is 0 Å². The summed E-state index contributed by atoms with van der Waals surface area (Å²) in [7, 11) is 0. The smallest absolute Gasteiger partial charge is 0.314 e. The van der Waals surface area contributed by atoms with Crippen LogP contribution in [0.4, 0.5) is 4.79 Å². The zero-order valence-corrected chi connectivity index (χ0v) is 5.54. The van der Waals surface area contributed by atoms with Gasteiger partial charge in [0.25, 0.3) is 0 Å². The molecule has 1 N–H and O–H groups in total. The Labute approximate surface area is 57.5 Å². The number of hydrogen-bond donors (Lipinski definition) is 1. The van der Waals surface area contributed by atoms with Gasteiger partial charge in [-0.05, 0) is 11.6 Å². The SMILES string of the molecule is O=C(Cl)NCC=CCl. The maximum Gasteiger partial charge on any atom is 0.314 e. The van der Waals surface area contributed by atoms with Crippen molar-refractivity contribution in [3.8, 4) is 0 Å².